The first-order valence-corrected chi connectivity index (χ1v) is 11.5. The zero-order chi connectivity index (χ0) is 22.6. The van der Waals surface area contributed by atoms with Crippen molar-refractivity contribution < 1.29 is 9.53 Å². The largest absolute Gasteiger partial charge is 0.381 e. The van der Waals surface area contributed by atoms with E-state index in [0.717, 1.165) is 65.5 Å². The Morgan fingerprint density at radius 2 is 2.06 bits per heavy atom. The third-order valence-corrected chi connectivity index (χ3v) is 6.99. The average molecular weight is 443 g/mol. The summed E-state index contributed by atoms with van der Waals surface area (Å²) in [5.74, 6) is 1.00. The maximum atomic E-state index is 12.4. The number of Topliss-reactive ketones (excluding diaryl/α,β-unsaturated/α-hetero) is 1. The third-order valence-electron chi connectivity index (χ3n) is 6.99. The van der Waals surface area contributed by atoms with Gasteiger partial charge in [-0.2, -0.15) is 10.2 Å². The monoisotopic (exact) mass is 442 g/mol. The van der Waals surface area contributed by atoms with Gasteiger partial charge in [-0.05, 0) is 43.4 Å². The number of benzene rings is 1. The molecule has 0 bridgehead atoms. The van der Waals surface area contributed by atoms with Gasteiger partial charge in [0.2, 0.25) is 0 Å². The van der Waals surface area contributed by atoms with E-state index in [1.165, 1.54) is 0 Å². The van der Waals surface area contributed by atoms with Crippen LogP contribution in [0.25, 0.3) is 16.9 Å². The van der Waals surface area contributed by atoms with E-state index in [2.05, 4.69) is 33.4 Å². The van der Waals surface area contributed by atoms with Crippen molar-refractivity contribution >= 4 is 11.4 Å². The maximum Gasteiger partial charge on any atom is 0.182 e. The molecule has 0 saturated carbocycles. The van der Waals surface area contributed by atoms with Crippen LogP contribution in [0.3, 0.4) is 0 Å². The quantitative estimate of drug-likeness (QED) is 0.482. The third kappa shape index (κ3) is 3.45. The number of rotatable bonds is 4. The Hall–Kier alpha value is -3.39. The Balaban J connectivity index is 1.29. The minimum absolute atomic E-state index is 0.275. The van der Waals surface area contributed by atoms with Crippen LogP contribution in [0, 0.1) is 0 Å². The fourth-order valence-corrected chi connectivity index (χ4v) is 4.99. The molecule has 0 N–H and O–H groups in total. The Labute approximate surface area is 191 Å². The van der Waals surface area contributed by atoms with Crippen LogP contribution in [0.2, 0.25) is 0 Å². The molecule has 1 saturated heterocycles. The summed E-state index contributed by atoms with van der Waals surface area (Å²) in [7, 11) is 0. The van der Waals surface area contributed by atoms with Crippen LogP contribution in [-0.4, -0.2) is 48.4 Å². The standard InChI is InChI=1S/C25H26N6O2/c1-25(2)20-4-3-16(11-17(20)13-21(25)32)12-22-28-24-23(26-7-8-30(24)29-22)18-14-27-31(15-18)19-5-9-33-10-6-19/h3-4,7-8,11,14-15,19H,5-6,9-10,12-13H2,1-2H3. The predicted octanol–water partition coefficient (Wildman–Crippen LogP) is 3.33. The van der Waals surface area contributed by atoms with Gasteiger partial charge < -0.3 is 4.74 Å². The summed E-state index contributed by atoms with van der Waals surface area (Å²) in [5.41, 5.74) is 5.39. The summed E-state index contributed by atoms with van der Waals surface area (Å²) in [4.78, 5) is 21.8. The van der Waals surface area contributed by atoms with Crippen molar-refractivity contribution in [1.29, 1.82) is 0 Å². The van der Waals surface area contributed by atoms with E-state index in [0.29, 0.717) is 18.9 Å². The normalized spacial score (nSPS) is 18.2. The van der Waals surface area contributed by atoms with Gasteiger partial charge in [-0.25, -0.2) is 9.50 Å². The Bertz CT molecular complexity index is 1360. The highest BCUT2D eigenvalue weighted by atomic mass is 16.5. The highest BCUT2D eigenvalue weighted by Gasteiger charge is 2.37. The molecule has 168 valence electrons. The topological polar surface area (TPSA) is 87.2 Å². The zero-order valence-electron chi connectivity index (χ0n) is 18.9. The van der Waals surface area contributed by atoms with E-state index in [-0.39, 0.29) is 5.78 Å². The minimum atomic E-state index is -0.398. The van der Waals surface area contributed by atoms with E-state index >= 15 is 0 Å². The molecule has 4 aromatic rings. The van der Waals surface area contributed by atoms with Crippen molar-refractivity contribution in [3.63, 3.8) is 0 Å². The minimum Gasteiger partial charge on any atom is -0.381 e. The fourth-order valence-electron chi connectivity index (χ4n) is 4.99. The number of hydrogen-bond donors (Lipinski definition) is 0. The summed E-state index contributed by atoms with van der Waals surface area (Å²) >= 11 is 0. The molecule has 6 rings (SSSR count). The van der Waals surface area contributed by atoms with Gasteiger partial charge in [-0.3, -0.25) is 14.5 Å². The van der Waals surface area contributed by atoms with E-state index in [1.807, 2.05) is 37.1 Å². The molecule has 0 spiro atoms. The van der Waals surface area contributed by atoms with E-state index in [1.54, 1.807) is 10.7 Å². The van der Waals surface area contributed by atoms with Crippen LogP contribution in [0.5, 0.6) is 0 Å². The summed E-state index contributed by atoms with van der Waals surface area (Å²) in [6.07, 6.45) is 10.5. The first-order valence-electron chi connectivity index (χ1n) is 11.5. The van der Waals surface area contributed by atoms with Crippen molar-refractivity contribution in [3.05, 3.63) is 65.5 Å². The maximum absolute atomic E-state index is 12.4. The van der Waals surface area contributed by atoms with Crippen LogP contribution in [0.15, 0.2) is 43.0 Å². The molecular weight excluding hydrogens is 416 g/mol. The molecule has 3 aromatic heterocycles. The van der Waals surface area contributed by atoms with Crippen molar-refractivity contribution in [2.24, 2.45) is 0 Å². The Morgan fingerprint density at radius 3 is 2.91 bits per heavy atom. The smallest absolute Gasteiger partial charge is 0.182 e. The lowest BCUT2D eigenvalue weighted by Gasteiger charge is -2.22. The Kier molecular flexibility index (Phi) is 4.65. The van der Waals surface area contributed by atoms with Gasteiger partial charge in [0.15, 0.2) is 11.5 Å². The molecule has 0 unspecified atom stereocenters. The number of ether oxygens (including phenoxy) is 1. The number of hydrogen-bond acceptors (Lipinski definition) is 6. The molecule has 1 aliphatic heterocycles. The summed E-state index contributed by atoms with van der Waals surface area (Å²) < 4.78 is 9.27. The summed E-state index contributed by atoms with van der Waals surface area (Å²) in [6, 6.07) is 6.66. The second-order valence-corrected chi connectivity index (χ2v) is 9.52. The number of fused-ring (bicyclic) bond motifs is 2. The number of aromatic nitrogens is 6. The lowest BCUT2D eigenvalue weighted by atomic mass is 9.85. The molecule has 1 aliphatic carbocycles. The van der Waals surface area contributed by atoms with Crippen LogP contribution >= 0.6 is 0 Å². The van der Waals surface area contributed by atoms with Crippen molar-refractivity contribution in [2.75, 3.05) is 13.2 Å². The Morgan fingerprint density at radius 1 is 1.21 bits per heavy atom. The van der Waals surface area contributed by atoms with Crippen LogP contribution in [0.1, 0.15) is 55.2 Å². The van der Waals surface area contributed by atoms with Crippen molar-refractivity contribution in [3.8, 4) is 11.3 Å². The first kappa shape index (κ1) is 20.2. The molecule has 2 aliphatic rings. The van der Waals surface area contributed by atoms with Gasteiger partial charge in [-0.1, -0.05) is 18.2 Å². The number of carbonyl (C=O) groups excluding carboxylic acids is 1. The molecule has 0 atom stereocenters. The fraction of sp³-hybridized carbons (Fsp3) is 0.400. The van der Waals surface area contributed by atoms with E-state index in [4.69, 9.17) is 9.72 Å². The molecular formula is C25H26N6O2. The van der Waals surface area contributed by atoms with Gasteiger partial charge in [0, 0.05) is 55.6 Å². The van der Waals surface area contributed by atoms with Gasteiger partial charge in [0.05, 0.1) is 12.2 Å². The highest BCUT2D eigenvalue weighted by molar-refractivity contribution is 5.95. The lowest BCUT2D eigenvalue weighted by molar-refractivity contribution is -0.121. The molecule has 0 amide bonds. The van der Waals surface area contributed by atoms with Crippen LogP contribution < -0.4 is 0 Å². The van der Waals surface area contributed by atoms with Gasteiger partial charge >= 0.3 is 0 Å². The number of carbonyl (C=O) groups is 1. The second kappa shape index (κ2) is 7.59. The van der Waals surface area contributed by atoms with E-state index < -0.39 is 5.41 Å². The molecule has 8 heteroatoms. The molecule has 33 heavy (non-hydrogen) atoms. The second-order valence-electron chi connectivity index (χ2n) is 9.52. The van der Waals surface area contributed by atoms with Crippen molar-refractivity contribution in [1.82, 2.24) is 29.4 Å². The SMILES string of the molecule is CC1(C)C(=O)Cc2cc(Cc3nc4c(-c5cnn(C6CCOCC6)c5)nccn4n3)ccc21. The van der Waals surface area contributed by atoms with E-state index in [9.17, 15) is 4.79 Å². The molecule has 1 fully saturated rings. The lowest BCUT2D eigenvalue weighted by Crippen LogP contribution is -2.23. The van der Waals surface area contributed by atoms with Crippen LogP contribution in [-0.2, 0) is 27.8 Å². The predicted molar refractivity (Wildman–Crippen MR) is 122 cm³/mol. The summed E-state index contributed by atoms with van der Waals surface area (Å²) in [5, 5.41) is 9.27. The molecule has 0 radical (unpaired) electrons. The summed E-state index contributed by atoms with van der Waals surface area (Å²) in [6.45, 7) is 5.55. The van der Waals surface area contributed by atoms with Gasteiger partial charge in [-0.15, -0.1) is 0 Å². The van der Waals surface area contributed by atoms with Gasteiger partial charge in [0.25, 0.3) is 0 Å². The van der Waals surface area contributed by atoms with Crippen molar-refractivity contribution in [2.45, 2.75) is 51.0 Å². The highest BCUT2D eigenvalue weighted by Crippen LogP contribution is 2.36. The zero-order valence-corrected chi connectivity index (χ0v) is 18.9. The number of ketones is 1. The number of nitrogens with zero attached hydrogens (tertiary/aromatic N) is 6. The van der Waals surface area contributed by atoms with Gasteiger partial charge in [0.1, 0.15) is 11.5 Å². The molecule has 8 nitrogen and oxygen atoms in total. The molecule has 4 heterocycles. The first-order chi connectivity index (χ1) is 16.0. The average Bonchev–Trinajstić information content (AvgIpc) is 3.51. The molecule has 1 aromatic carbocycles. The van der Waals surface area contributed by atoms with Crippen LogP contribution in [0.4, 0.5) is 0 Å².